The second kappa shape index (κ2) is 16.9. The number of ether oxygens (including phenoxy) is 1. The van der Waals surface area contributed by atoms with Crippen molar-refractivity contribution in [3.63, 3.8) is 0 Å². The predicted molar refractivity (Wildman–Crippen MR) is 156 cm³/mol. The number of amides is 3. The lowest BCUT2D eigenvalue weighted by Gasteiger charge is -2.24. The predicted octanol–water partition coefficient (Wildman–Crippen LogP) is 3.52. The van der Waals surface area contributed by atoms with E-state index in [-0.39, 0.29) is 41.3 Å². The molecule has 0 saturated carbocycles. The number of carbonyl (C=O) groups is 5. The smallest absolute Gasteiger partial charge is 0.329 e. The van der Waals surface area contributed by atoms with Crippen LogP contribution in [-0.4, -0.2) is 57.9 Å². The van der Waals surface area contributed by atoms with E-state index < -0.39 is 29.9 Å². The summed E-state index contributed by atoms with van der Waals surface area (Å²) in [6, 6.07) is 2.41. The Morgan fingerprint density at radius 2 is 1.95 bits per heavy atom. The standard InChI is InChI=1S/C28H38N4O6S2/c1-6-10-23(34)40-14-9-8-11-19-15-22(33)29-16-18-12-13-21(39-5)25(30-18)27(36)31-20(7-2)26(35)32-24(17(3)4)28(37)38-19/h7-8,11-13,17,19,24H,6,9-10,14-16H2,1-5H3,(H,29,33)(H,31,36)(H,32,35)/b11-8+,20-7-/t19-,24+/m1/s1. The third-order valence-corrected chi connectivity index (χ3v) is 7.55. The maximum Gasteiger partial charge on any atom is 0.329 e. The van der Waals surface area contributed by atoms with Crippen LogP contribution in [0.15, 0.2) is 41.0 Å². The highest BCUT2D eigenvalue weighted by atomic mass is 32.2. The fraction of sp³-hybridized carbons (Fsp3) is 0.500. The number of allylic oxidation sites excluding steroid dienone is 2. The van der Waals surface area contributed by atoms with Crippen LogP contribution in [-0.2, 0) is 30.5 Å². The summed E-state index contributed by atoms with van der Waals surface area (Å²) in [6.07, 6.45) is 7.48. The summed E-state index contributed by atoms with van der Waals surface area (Å²) < 4.78 is 5.67. The van der Waals surface area contributed by atoms with Gasteiger partial charge in [0.15, 0.2) is 5.12 Å². The molecule has 0 saturated heterocycles. The lowest BCUT2D eigenvalue weighted by Crippen LogP contribution is -2.48. The van der Waals surface area contributed by atoms with Crippen molar-refractivity contribution in [2.45, 2.75) is 77.0 Å². The van der Waals surface area contributed by atoms with Crippen molar-refractivity contribution in [1.29, 1.82) is 0 Å². The SMILES string of the molecule is C/C=C1\NC(=O)c2nc(ccc2SC)CNC(=O)C[C@@H](/C=C/CCSC(=O)CCC)OC(=O)[C@H](C(C)C)NC1=O. The number of nitrogens with zero attached hydrogens (tertiary/aromatic N) is 1. The summed E-state index contributed by atoms with van der Waals surface area (Å²) in [4.78, 5) is 68.9. The Kier molecular flexibility index (Phi) is 13.9. The van der Waals surface area contributed by atoms with Crippen molar-refractivity contribution in [2.24, 2.45) is 5.92 Å². The molecule has 2 rings (SSSR count). The van der Waals surface area contributed by atoms with Crippen molar-refractivity contribution in [2.75, 3.05) is 12.0 Å². The summed E-state index contributed by atoms with van der Waals surface area (Å²) in [5.41, 5.74) is 0.539. The van der Waals surface area contributed by atoms with Crippen LogP contribution in [0.3, 0.4) is 0 Å². The van der Waals surface area contributed by atoms with Gasteiger partial charge < -0.3 is 20.7 Å². The van der Waals surface area contributed by atoms with E-state index in [0.717, 1.165) is 6.42 Å². The molecule has 1 aliphatic heterocycles. The molecule has 3 N–H and O–H groups in total. The zero-order chi connectivity index (χ0) is 29.7. The van der Waals surface area contributed by atoms with E-state index in [9.17, 15) is 24.0 Å². The molecule has 2 heterocycles. The third-order valence-electron chi connectivity index (χ3n) is 5.81. The fourth-order valence-corrected chi connectivity index (χ4v) is 5.02. The van der Waals surface area contributed by atoms with Gasteiger partial charge in [0.25, 0.3) is 11.8 Å². The fourth-order valence-electron chi connectivity index (χ4n) is 3.65. The highest BCUT2D eigenvalue weighted by Gasteiger charge is 2.30. The van der Waals surface area contributed by atoms with Crippen molar-refractivity contribution < 1.29 is 28.7 Å². The summed E-state index contributed by atoms with van der Waals surface area (Å²) in [5, 5.41) is 8.13. The van der Waals surface area contributed by atoms with E-state index in [2.05, 4.69) is 20.9 Å². The maximum absolute atomic E-state index is 13.2. The van der Waals surface area contributed by atoms with Crippen LogP contribution < -0.4 is 16.0 Å². The second-order valence-electron chi connectivity index (χ2n) is 9.35. The van der Waals surface area contributed by atoms with Crippen molar-refractivity contribution in [3.05, 3.63) is 47.4 Å². The molecule has 1 aromatic heterocycles. The molecule has 0 aromatic carbocycles. The van der Waals surface area contributed by atoms with Gasteiger partial charge in [-0.05, 0) is 50.1 Å². The van der Waals surface area contributed by atoms with Crippen LogP contribution in [0.25, 0.3) is 0 Å². The minimum absolute atomic E-state index is 0.0327. The van der Waals surface area contributed by atoms with E-state index in [1.165, 1.54) is 29.6 Å². The van der Waals surface area contributed by atoms with Crippen LogP contribution in [0.2, 0.25) is 0 Å². The highest BCUT2D eigenvalue weighted by molar-refractivity contribution is 8.13. The molecule has 1 aliphatic rings. The molecule has 0 unspecified atom stereocenters. The zero-order valence-corrected chi connectivity index (χ0v) is 25.2. The van der Waals surface area contributed by atoms with Crippen molar-refractivity contribution in [3.8, 4) is 0 Å². The molecule has 0 aliphatic carbocycles. The Labute approximate surface area is 243 Å². The van der Waals surface area contributed by atoms with Crippen molar-refractivity contribution >= 4 is 52.3 Å². The van der Waals surface area contributed by atoms with Gasteiger partial charge in [-0.2, -0.15) is 0 Å². The Morgan fingerprint density at radius 1 is 1.20 bits per heavy atom. The molecular weight excluding hydrogens is 552 g/mol. The normalized spacial score (nSPS) is 20.3. The van der Waals surface area contributed by atoms with Gasteiger partial charge in [0.05, 0.1) is 18.7 Å². The zero-order valence-electron chi connectivity index (χ0n) is 23.6. The first-order chi connectivity index (χ1) is 19.1. The number of esters is 1. The Morgan fingerprint density at radius 3 is 2.60 bits per heavy atom. The molecular formula is C28H38N4O6S2. The summed E-state index contributed by atoms with van der Waals surface area (Å²) >= 11 is 2.58. The van der Waals surface area contributed by atoms with Crippen LogP contribution in [0.1, 0.15) is 69.6 Å². The second-order valence-corrected chi connectivity index (χ2v) is 11.3. The van der Waals surface area contributed by atoms with Gasteiger partial charge in [-0.1, -0.05) is 44.7 Å². The Bertz CT molecular complexity index is 1150. The van der Waals surface area contributed by atoms with E-state index >= 15 is 0 Å². The topological polar surface area (TPSA) is 144 Å². The molecule has 1 aromatic rings. The molecule has 0 fully saturated rings. The monoisotopic (exact) mass is 590 g/mol. The molecule has 2 bridgehead atoms. The lowest BCUT2D eigenvalue weighted by molar-refractivity contribution is -0.153. The Hall–Kier alpha value is -3.12. The number of pyridine rings is 1. The van der Waals surface area contributed by atoms with Crippen LogP contribution in [0.4, 0.5) is 0 Å². The van der Waals surface area contributed by atoms with Gasteiger partial charge in [-0.3, -0.25) is 19.2 Å². The van der Waals surface area contributed by atoms with Gasteiger partial charge in [0, 0.05) is 17.1 Å². The highest BCUT2D eigenvalue weighted by Crippen LogP contribution is 2.20. The van der Waals surface area contributed by atoms with Gasteiger partial charge in [0.1, 0.15) is 23.5 Å². The first kappa shape index (κ1) is 33.1. The first-order valence-corrected chi connectivity index (χ1v) is 15.4. The molecule has 0 radical (unpaired) electrons. The number of carbonyl (C=O) groups excluding carboxylic acids is 5. The first-order valence-electron chi connectivity index (χ1n) is 13.2. The van der Waals surface area contributed by atoms with Crippen LogP contribution in [0, 0.1) is 5.92 Å². The minimum Gasteiger partial charge on any atom is -0.456 e. The largest absolute Gasteiger partial charge is 0.456 e. The number of rotatable bonds is 8. The quantitative estimate of drug-likeness (QED) is 0.136. The number of nitrogens with one attached hydrogen (secondary N) is 3. The maximum atomic E-state index is 13.2. The molecule has 2 atom stereocenters. The number of cyclic esters (lactones) is 1. The summed E-state index contributed by atoms with van der Waals surface area (Å²) in [7, 11) is 0. The van der Waals surface area contributed by atoms with E-state index in [4.69, 9.17) is 4.74 Å². The number of hydrogen-bond donors (Lipinski definition) is 3. The van der Waals surface area contributed by atoms with E-state index in [1.807, 2.05) is 6.92 Å². The number of fused-ring (bicyclic) bond motifs is 2. The summed E-state index contributed by atoms with van der Waals surface area (Å²) in [5.74, 6) is -2.10. The van der Waals surface area contributed by atoms with Gasteiger partial charge >= 0.3 is 5.97 Å². The third kappa shape index (κ3) is 10.5. The number of hydrogen-bond acceptors (Lipinski definition) is 9. The average molecular weight is 591 g/mol. The molecule has 12 heteroatoms. The molecule has 40 heavy (non-hydrogen) atoms. The Balaban J connectivity index is 2.34. The van der Waals surface area contributed by atoms with Gasteiger partial charge in [-0.15, -0.1) is 11.8 Å². The van der Waals surface area contributed by atoms with Crippen LogP contribution >= 0.6 is 23.5 Å². The summed E-state index contributed by atoms with van der Waals surface area (Å²) in [6.45, 7) is 7.10. The molecule has 3 amide bonds. The molecule has 10 nitrogen and oxygen atoms in total. The lowest BCUT2D eigenvalue weighted by atomic mass is 10.0. The van der Waals surface area contributed by atoms with Crippen LogP contribution in [0.5, 0.6) is 0 Å². The number of thioether (sulfide) groups is 2. The van der Waals surface area contributed by atoms with E-state index in [1.54, 1.807) is 51.3 Å². The molecule has 0 spiro atoms. The van der Waals surface area contributed by atoms with Gasteiger partial charge in [0.2, 0.25) is 5.91 Å². The minimum atomic E-state index is -1.03. The van der Waals surface area contributed by atoms with Crippen molar-refractivity contribution in [1.82, 2.24) is 20.9 Å². The van der Waals surface area contributed by atoms with Gasteiger partial charge in [-0.25, -0.2) is 9.78 Å². The molecule has 218 valence electrons. The average Bonchev–Trinajstić information content (AvgIpc) is 2.92. The van der Waals surface area contributed by atoms with E-state index in [0.29, 0.717) is 29.2 Å². The number of aromatic nitrogens is 1.